The van der Waals surface area contributed by atoms with Crippen LogP contribution < -0.4 is 5.19 Å². The maximum Gasteiger partial charge on any atom is 0.418 e. The Morgan fingerprint density at radius 1 is 1.23 bits per heavy atom. The molecule has 71 valence electrons. The van der Waals surface area contributed by atoms with Crippen LogP contribution in [0.25, 0.3) is 0 Å². The molecule has 0 atom stereocenters. The van der Waals surface area contributed by atoms with Crippen molar-refractivity contribution >= 4 is 26.1 Å². The van der Waals surface area contributed by atoms with Gasteiger partial charge < -0.3 is 9.59 Å². The van der Waals surface area contributed by atoms with Crippen LogP contribution >= 0.6 is 11.6 Å². The van der Waals surface area contributed by atoms with E-state index in [1.165, 1.54) is 0 Å². The molecule has 1 aromatic carbocycles. The van der Waals surface area contributed by atoms with Crippen LogP contribution in [0.5, 0.6) is 0 Å². The molecule has 2 nitrogen and oxygen atoms in total. The summed E-state index contributed by atoms with van der Waals surface area (Å²) in [6.07, 6.45) is 1.68. The Labute approximate surface area is 84.6 Å². The quantitative estimate of drug-likeness (QED) is 0.569. The van der Waals surface area contributed by atoms with Crippen LogP contribution in [0.4, 0.5) is 0 Å². The Balaban J connectivity index is 2.78. The predicted octanol–water partition coefficient (Wildman–Crippen LogP) is 0.538. The lowest BCUT2D eigenvalue weighted by molar-refractivity contribution is 0.425. The van der Waals surface area contributed by atoms with Crippen molar-refractivity contribution < 1.29 is 9.59 Å². The lowest BCUT2D eigenvalue weighted by Gasteiger charge is -2.07. The molecule has 0 bridgehead atoms. The van der Waals surface area contributed by atoms with Gasteiger partial charge in [0.15, 0.2) is 0 Å². The summed E-state index contributed by atoms with van der Waals surface area (Å²) in [5.41, 5.74) is 1.00. The van der Waals surface area contributed by atoms with E-state index in [2.05, 4.69) is 0 Å². The fourth-order valence-electron chi connectivity index (χ4n) is 1.21. The molecule has 2 N–H and O–H groups in total. The Hall–Kier alpha value is -0.353. The zero-order chi connectivity index (χ0) is 9.68. The minimum atomic E-state index is -2.31. The van der Waals surface area contributed by atoms with E-state index in [0.717, 1.165) is 18.4 Å². The minimum absolute atomic E-state index is 0.604. The number of benzene rings is 1. The molecule has 0 spiro atoms. The Bertz CT molecular complexity index is 266. The molecule has 13 heavy (non-hydrogen) atoms. The summed E-state index contributed by atoms with van der Waals surface area (Å²) >= 11 is 5.57. The van der Waals surface area contributed by atoms with E-state index in [1.54, 1.807) is 6.07 Å². The first-order chi connectivity index (χ1) is 6.25. The molecule has 1 aromatic rings. The highest BCUT2D eigenvalue weighted by Gasteiger charge is 2.12. The van der Waals surface area contributed by atoms with Crippen LogP contribution in [0.1, 0.15) is 12.0 Å². The third-order valence-corrected chi connectivity index (χ3v) is 3.07. The molecule has 0 aliphatic carbocycles. The van der Waals surface area contributed by atoms with E-state index in [0.29, 0.717) is 11.1 Å². The topological polar surface area (TPSA) is 40.5 Å². The maximum absolute atomic E-state index is 9.13. The Morgan fingerprint density at radius 2 is 1.92 bits per heavy atom. The van der Waals surface area contributed by atoms with Crippen LogP contribution in [-0.2, 0) is 6.42 Å². The van der Waals surface area contributed by atoms with Crippen molar-refractivity contribution in [2.24, 2.45) is 0 Å². The summed E-state index contributed by atoms with van der Waals surface area (Å²) in [6, 6.07) is 7.39. The van der Waals surface area contributed by atoms with Gasteiger partial charge >= 0.3 is 9.28 Å². The number of halogens is 1. The zero-order valence-corrected chi connectivity index (χ0v) is 8.96. The van der Waals surface area contributed by atoms with Gasteiger partial charge in [-0.25, -0.2) is 0 Å². The first-order valence-corrected chi connectivity index (χ1v) is 6.07. The molecule has 0 aliphatic heterocycles. The van der Waals surface area contributed by atoms with E-state index in [9.17, 15) is 0 Å². The van der Waals surface area contributed by atoms with Crippen molar-refractivity contribution in [3.63, 3.8) is 0 Å². The second-order valence-electron chi connectivity index (χ2n) is 2.77. The van der Waals surface area contributed by atoms with Crippen molar-refractivity contribution in [2.75, 3.05) is 5.88 Å². The second kappa shape index (κ2) is 5.39. The molecule has 1 rings (SSSR count). The van der Waals surface area contributed by atoms with Gasteiger partial charge in [0.1, 0.15) is 0 Å². The van der Waals surface area contributed by atoms with E-state index >= 15 is 0 Å². The fourth-order valence-corrected chi connectivity index (χ4v) is 2.09. The van der Waals surface area contributed by atoms with E-state index in [1.807, 2.05) is 18.2 Å². The summed E-state index contributed by atoms with van der Waals surface area (Å²) in [5.74, 6) is 0.604. The van der Waals surface area contributed by atoms with Crippen molar-refractivity contribution in [1.82, 2.24) is 0 Å². The Morgan fingerprint density at radius 3 is 2.54 bits per heavy atom. The number of alkyl halides is 1. The number of rotatable bonds is 4. The van der Waals surface area contributed by atoms with Gasteiger partial charge in [-0.05, 0) is 23.6 Å². The first-order valence-electron chi connectivity index (χ1n) is 4.15. The summed E-state index contributed by atoms with van der Waals surface area (Å²) in [7, 11) is -2.31. The SMILES string of the molecule is O[Si](O)c1ccccc1CCCCl. The van der Waals surface area contributed by atoms with Crippen LogP contribution in [0.2, 0.25) is 0 Å². The highest BCUT2D eigenvalue weighted by Crippen LogP contribution is 2.01. The molecule has 0 fully saturated rings. The van der Waals surface area contributed by atoms with Crippen molar-refractivity contribution in [3.05, 3.63) is 29.8 Å². The highest BCUT2D eigenvalue weighted by atomic mass is 35.5. The third kappa shape index (κ3) is 3.12. The van der Waals surface area contributed by atoms with E-state index < -0.39 is 9.28 Å². The van der Waals surface area contributed by atoms with Crippen LogP contribution in [-0.4, -0.2) is 24.8 Å². The first kappa shape index (κ1) is 10.7. The molecule has 0 heterocycles. The lowest BCUT2D eigenvalue weighted by atomic mass is 10.1. The molecule has 0 unspecified atom stereocenters. The average Bonchev–Trinajstić information content (AvgIpc) is 2.15. The molecule has 0 saturated carbocycles. The summed E-state index contributed by atoms with van der Waals surface area (Å²) in [4.78, 5) is 18.3. The molecule has 0 aromatic heterocycles. The van der Waals surface area contributed by atoms with Gasteiger partial charge in [-0.15, -0.1) is 11.6 Å². The molecule has 1 radical (unpaired) electrons. The molecule has 0 aliphatic rings. The Kier molecular flexibility index (Phi) is 4.45. The van der Waals surface area contributed by atoms with Crippen molar-refractivity contribution in [1.29, 1.82) is 0 Å². The van der Waals surface area contributed by atoms with Crippen molar-refractivity contribution in [2.45, 2.75) is 12.8 Å². The number of aryl methyl sites for hydroxylation is 1. The van der Waals surface area contributed by atoms with E-state index in [-0.39, 0.29) is 0 Å². The standard InChI is InChI=1S/C9H12ClO2Si/c10-7-3-5-8-4-1-2-6-9(8)13(11)12/h1-2,4,6,11-12H,3,5,7H2. The van der Waals surface area contributed by atoms with E-state index in [4.69, 9.17) is 21.2 Å². The summed E-state index contributed by atoms with van der Waals surface area (Å²) in [5, 5.41) is 0.678. The van der Waals surface area contributed by atoms with Crippen molar-refractivity contribution in [3.8, 4) is 0 Å². The zero-order valence-electron chi connectivity index (χ0n) is 7.20. The average molecular weight is 216 g/mol. The fraction of sp³-hybridized carbons (Fsp3) is 0.333. The molecule has 4 heteroatoms. The van der Waals surface area contributed by atoms with Gasteiger partial charge in [0.25, 0.3) is 0 Å². The number of hydrogen-bond donors (Lipinski definition) is 2. The predicted molar refractivity (Wildman–Crippen MR) is 55.3 cm³/mol. The smallest absolute Gasteiger partial charge is 0.406 e. The maximum atomic E-state index is 9.13. The molecular weight excluding hydrogens is 204 g/mol. The monoisotopic (exact) mass is 215 g/mol. The van der Waals surface area contributed by atoms with Crippen LogP contribution in [0.3, 0.4) is 0 Å². The highest BCUT2D eigenvalue weighted by molar-refractivity contribution is 6.59. The van der Waals surface area contributed by atoms with Gasteiger partial charge in [-0.1, -0.05) is 24.3 Å². The minimum Gasteiger partial charge on any atom is -0.406 e. The third-order valence-electron chi connectivity index (χ3n) is 1.84. The van der Waals surface area contributed by atoms with Crippen LogP contribution in [0.15, 0.2) is 24.3 Å². The molecular formula is C9H12ClO2Si. The van der Waals surface area contributed by atoms with Gasteiger partial charge in [-0.3, -0.25) is 0 Å². The summed E-state index contributed by atoms with van der Waals surface area (Å²) in [6.45, 7) is 0. The lowest BCUT2D eigenvalue weighted by Crippen LogP contribution is -2.32. The normalized spacial score (nSPS) is 10.8. The summed E-state index contributed by atoms with van der Waals surface area (Å²) < 4.78 is 0. The second-order valence-corrected chi connectivity index (χ2v) is 4.34. The van der Waals surface area contributed by atoms with Gasteiger partial charge in [-0.2, -0.15) is 0 Å². The largest absolute Gasteiger partial charge is 0.418 e. The molecule has 0 saturated heterocycles. The van der Waals surface area contributed by atoms with Gasteiger partial charge in [0, 0.05) is 5.88 Å². The van der Waals surface area contributed by atoms with Gasteiger partial charge in [0.2, 0.25) is 0 Å². The number of hydrogen-bond acceptors (Lipinski definition) is 2. The van der Waals surface area contributed by atoms with Gasteiger partial charge in [0.05, 0.1) is 0 Å². The molecule has 0 amide bonds. The van der Waals surface area contributed by atoms with Crippen LogP contribution in [0, 0.1) is 0 Å².